The molecule has 2 amide bonds. The minimum absolute atomic E-state index is 0.0748. The number of piperazine rings is 1. The summed E-state index contributed by atoms with van der Waals surface area (Å²) in [6.07, 6.45) is -0.235. The Hall–Kier alpha value is -1.20. The number of hydrogen-bond donors (Lipinski definition) is 1. The molecule has 0 bridgehead atoms. The van der Waals surface area contributed by atoms with Crippen LogP contribution in [0.5, 0.6) is 0 Å². The lowest BCUT2D eigenvalue weighted by Gasteiger charge is -2.51. The van der Waals surface area contributed by atoms with E-state index in [9.17, 15) is 18.4 Å². The van der Waals surface area contributed by atoms with Crippen molar-refractivity contribution in [3.63, 3.8) is 0 Å². The van der Waals surface area contributed by atoms with Crippen molar-refractivity contribution in [1.82, 2.24) is 10.2 Å². The van der Waals surface area contributed by atoms with E-state index in [2.05, 4.69) is 5.32 Å². The molecule has 6 heteroatoms. The Bertz CT molecular complexity index is 419. The number of nitrogens with zero attached hydrogens (tertiary/aromatic N) is 1. The molecule has 0 spiro atoms. The van der Waals surface area contributed by atoms with E-state index in [0.717, 1.165) is 17.7 Å². The van der Waals surface area contributed by atoms with Gasteiger partial charge in [0.25, 0.3) is 6.43 Å². The number of nitrogens with one attached hydrogen (secondary N) is 1. The summed E-state index contributed by atoms with van der Waals surface area (Å²) in [5.74, 6) is -0.577. The van der Waals surface area contributed by atoms with Crippen LogP contribution in [-0.4, -0.2) is 40.8 Å². The molecular weight excluding hydrogens is 266 g/mol. The maximum absolute atomic E-state index is 12.9. The number of halogens is 2. The maximum atomic E-state index is 12.9. The van der Waals surface area contributed by atoms with Gasteiger partial charge >= 0.3 is 0 Å². The fraction of sp³-hybridized carbons (Fsp3) is 0.857. The van der Waals surface area contributed by atoms with Gasteiger partial charge in [0.2, 0.25) is 11.8 Å². The maximum Gasteiger partial charge on any atom is 0.255 e. The topological polar surface area (TPSA) is 49.4 Å². The molecule has 1 aliphatic carbocycles. The van der Waals surface area contributed by atoms with Crippen LogP contribution < -0.4 is 5.32 Å². The predicted octanol–water partition coefficient (Wildman–Crippen LogP) is 1.94. The van der Waals surface area contributed by atoms with Gasteiger partial charge in [-0.3, -0.25) is 9.59 Å². The Morgan fingerprint density at radius 2 is 1.85 bits per heavy atom. The zero-order chi connectivity index (χ0) is 15.1. The average Bonchev–Trinajstić information content (AvgIpc) is 3.21. The molecule has 1 heterocycles. The summed E-state index contributed by atoms with van der Waals surface area (Å²) in [7, 11) is 0. The second-order valence-corrected chi connectivity index (χ2v) is 5.98. The van der Waals surface area contributed by atoms with Crippen molar-refractivity contribution < 1.29 is 18.4 Å². The largest absolute Gasteiger partial charge is 0.340 e. The van der Waals surface area contributed by atoms with Gasteiger partial charge in [0.15, 0.2) is 0 Å². The summed E-state index contributed by atoms with van der Waals surface area (Å²) in [4.78, 5) is 26.4. The standard InChI is InChI=1S/C14H22F2N2O2/c1-4-14(5-2)11(19)17-13(3,9-6-7-9)12(20)18(14)8-10(15)16/h9-10H,4-8H2,1-3H3,(H,17,19). The molecule has 1 N–H and O–H groups in total. The summed E-state index contributed by atoms with van der Waals surface area (Å²) in [6.45, 7) is 4.51. The van der Waals surface area contributed by atoms with Gasteiger partial charge in [0, 0.05) is 0 Å². The van der Waals surface area contributed by atoms with Gasteiger partial charge in [-0.15, -0.1) is 0 Å². The monoisotopic (exact) mass is 288 g/mol. The van der Waals surface area contributed by atoms with E-state index in [1.807, 2.05) is 0 Å². The van der Waals surface area contributed by atoms with Crippen molar-refractivity contribution in [3.8, 4) is 0 Å². The zero-order valence-electron chi connectivity index (χ0n) is 12.2. The minimum Gasteiger partial charge on any atom is -0.340 e. The molecule has 2 aliphatic rings. The second kappa shape index (κ2) is 4.97. The van der Waals surface area contributed by atoms with Crippen LogP contribution in [0.4, 0.5) is 8.78 Å². The lowest BCUT2D eigenvalue weighted by Crippen LogP contribution is -2.75. The highest BCUT2D eigenvalue weighted by Crippen LogP contribution is 2.44. The van der Waals surface area contributed by atoms with Crippen molar-refractivity contribution in [2.24, 2.45) is 5.92 Å². The number of rotatable bonds is 5. The molecule has 0 aromatic carbocycles. The van der Waals surface area contributed by atoms with E-state index in [-0.39, 0.29) is 17.7 Å². The SMILES string of the molecule is CCC1(CC)C(=O)NC(C)(C2CC2)C(=O)N1CC(F)F. The molecule has 0 aromatic rings. The van der Waals surface area contributed by atoms with Crippen molar-refractivity contribution in [3.05, 3.63) is 0 Å². The molecule has 0 radical (unpaired) electrons. The number of carbonyl (C=O) groups excluding carboxylic acids is 2. The third-order valence-corrected chi connectivity index (χ3v) is 4.89. The van der Waals surface area contributed by atoms with Gasteiger partial charge in [-0.2, -0.15) is 0 Å². The Labute approximate surface area is 117 Å². The van der Waals surface area contributed by atoms with Crippen molar-refractivity contribution in [1.29, 1.82) is 0 Å². The normalized spacial score (nSPS) is 29.8. The Morgan fingerprint density at radius 3 is 2.25 bits per heavy atom. The number of alkyl halides is 2. The summed E-state index contributed by atoms with van der Waals surface area (Å²) >= 11 is 0. The number of hydrogen-bond acceptors (Lipinski definition) is 2. The van der Waals surface area contributed by atoms with Gasteiger partial charge in [-0.05, 0) is 38.5 Å². The van der Waals surface area contributed by atoms with Crippen LogP contribution in [0.3, 0.4) is 0 Å². The molecule has 20 heavy (non-hydrogen) atoms. The summed E-state index contributed by atoms with van der Waals surface area (Å²) in [6, 6.07) is 0. The van der Waals surface area contributed by atoms with Crippen LogP contribution in [0, 0.1) is 5.92 Å². The molecule has 1 saturated heterocycles. The molecule has 2 rings (SSSR count). The van der Waals surface area contributed by atoms with Crippen molar-refractivity contribution in [2.45, 2.75) is 64.0 Å². The number of carbonyl (C=O) groups is 2. The molecule has 2 fully saturated rings. The zero-order valence-corrected chi connectivity index (χ0v) is 12.2. The average molecular weight is 288 g/mol. The Kier molecular flexibility index (Phi) is 3.77. The predicted molar refractivity (Wildman–Crippen MR) is 70.3 cm³/mol. The van der Waals surface area contributed by atoms with E-state index >= 15 is 0 Å². The van der Waals surface area contributed by atoms with Crippen LogP contribution in [-0.2, 0) is 9.59 Å². The molecule has 1 atom stereocenters. The molecule has 1 unspecified atom stereocenters. The summed E-state index contributed by atoms with van der Waals surface area (Å²) < 4.78 is 25.8. The van der Waals surface area contributed by atoms with Gasteiger partial charge in [-0.1, -0.05) is 13.8 Å². The summed E-state index contributed by atoms with van der Waals surface area (Å²) in [5.41, 5.74) is -2.15. The van der Waals surface area contributed by atoms with Crippen LogP contribution in [0.15, 0.2) is 0 Å². The molecule has 1 saturated carbocycles. The highest BCUT2D eigenvalue weighted by Gasteiger charge is 2.60. The Balaban J connectivity index is 2.40. The molecule has 0 aromatic heterocycles. The van der Waals surface area contributed by atoms with Crippen LogP contribution in [0.1, 0.15) is 46.5 Å². The van der Waals surface area contributed by atoms with Crippen molar-refractivity contribution >= 4 is 11.8 Å². The molecule has 4 nitrogen and oxygen atoms in total. The molecule has 114 valence electrons. The highest BCUT2D eigenvalue weighted by molar-refractivity contribution is 6.02. The lowest BCUT2D eigenvalue weighted by molar-refractivity contribution is -0.167. The molecular formula is C14H22F2N2O2. The lowest BCUT2D eigenvalue weighted by atomic mass is 9.80. The Morgan fingerprint density at radius 1 is 1.30 bits per heavy atom. The quantitative estimate of drug-likeness (QED) is 0.840. The van der Waals surface area contributed by atoms with E-state index in [0.29, 0.717) is 12.8 Å². The fourth-order valence-electron chi connectivity index (χ4n) is 3.29. The van der Waals surface area contributed by atoms with Crippen molar-refractivity contribution in [2.75, 3.05) is 6.54 Å². The van der Waals surface area contributed by atoms with Crippen LogP contribution in [0.25, 0.3) is 0 Å². The first-order valence-corrected chi connectivity index (χ1v) is 7.24. The second-order valence-electron chi connectivity index (χ2n) is 5.98. The first kappa shape index (κ1) is 15.2. The van der Waals surface area contributed by atoms with E-state index in [1.54, 1.807) is 20.8 Å². The fourth-order valence-corrected chi connectivity index (χ4v) is 3.29. The van der Waals surface area contributed by atoms with E-state index < -0.39 is 24.0 Å². The first-order chi connectivity index (χ1) is 9.31. The van der Waals surface area contributed by atoms with Crippen LogP contribution in [0.2, 0.25) is 0 Å². The highest BCUT2D eigenvalue weighted by atomic mass is 19.3. The molecule has 1 aliphatic heterocycles. The van der Waals surface area contributed by atoms with Gasteiger partial charge in [0.05, 0.1) is 6.54 Å². The van der Waals surface area contributed by atoms with E-state index in [1.165, 1.54) is 0 Å². The van der Waals surface area contributed by atoms with E-state index in [4.69, 9.17) is 0 Å². The minimum atomic E-state index is -2.63. The number of amides is 2. The summed E-state index contributed by atoms with van der Waals surface area (Å²) in [5, 5.41) is 2.83. The smallest absolute Gasteiger partial charge is 0.255 e. The third kappa shape index (κ3) is 2.09. The van der Waals surface area contributed by atoms with Crippen LogP contribution >= 0.6 is 0 Å². The van der Waals surface area contributed by atoms with Gasteiger partial charge < -0.3 is 10.2 Å². The van der Waals surface area contributed by atoms with Gasteiger partial charge in [0.1, 0.15) is 11.1 Å². The van der Waals surface area contributed by atoms with Gasteiger partial charge in [-0.25, -0.2) is 8.78 Å². The third-order valence-electron chi connectivity index (χ3n) is 4.89. The first-order valence-electron chi connectivity index (χ1n) is 7.24.